The van der Waals surface area contributed by atoms with Crippen LogP contribution in [0, 0.1) is 0 Å². The molecule has 2 atom stereocenters. The summed E-state index contributed by atoms with van der Waals surface area (Å²) in [7, 11) is 0. The van der Waals surface area contributed by atoms with Gasteiger partial charge in [-0.05, 0) is 31.0 Å². The summed E-state index contributed by atoms with van der Waals surface area (Å²) in [6, 6.07) is 7.34. The van der Waals surface area contributed by atoms with Crippen LogP contribution in [0.2, 0.25) is 5.02 Å². The van der Waals surface area contributed by atoms with Crippen LogP contribution in [0.3, 0.4) is 0 Å². The zero-order chi connectivity index (χ0) is 10.3. The molecule has 2 rings (SSSR count). The minimum atomic E-state index is -0.426. The fraction of sp³-hybridized carbons (Fsp3) is 0.364. The van der Waals surface area contributed by atoms with Gasteiger partial charge in [0, 0.05) is 11.1 Å². The van der Waals surface area contributed by atoms with Gasteiger partial charge in [-0.25, -0.2) is 0 Å². The van der Waals surface area contributed by atoms with Gasteiger partial charge >= 0.3 is 0 Å². The lowest BCUT2D eigenvalue weighted by Gasteiger charge is -2.12. The summed E-state index contributed by atoms with van der Waals surface area (Å²) < 4.78 is 0. The van der Waals surface area contributed by atoms with Crippen molar-refractivity contribution in [2.24, 2.45) is 5.73 Å². The molecular formula is C11H12ClNO. The van der Waals surface area contributed by atoms with Gasteiger partial charge in [0.15, 0.2) is 0 Å². The second-order valence-corrected chi connectivity index (χ2v) is 4.28. The highest BCUT2D eigenvalue weighted by molar-refractivity contribution is 6.30. The highest BCUT2D eigenvalue weighted by Gasteiger charge is 2.57. The predicted octanol–water partition coefficient (Wildman–Crippen LogP) is 1.90. The topological polar surface area (TPSA) is 43.1 Å². The van der Waals surface area contributed by atoms with Crippen molar-refractivity contribution in [1.29, 1.82) is 0 Å². The summed E-state index contributed by atoms with van der Waals surface area (Å²) in [6.07, 6.45) is 0.754. The van der Waals surface area contributed by atoms with Gasteiger partial charge in [0.05, 0.1) is 5.41 Å². The maximum atomic E-state index is 11.5. The minimum absolute atomic E-state index is 0.0267. The molecule has 1 aromatic carbocycles. The molecule has 14 heavy (non-hydrogen) atoms. The number of ketones is 1. The average Bonchev–Trinajstić information content (AvgIpc) is 2.80. The second kappa shape index (κ2) is 3.07. The maximum Gasteiger partial charge on any atom is 0.141 e. The smallest absolute Gasteiger partial charge is 0.141 e. The van der Waals surface area contributed by atoms with Gasteiger partial charge in [-0.15, -0.1) is 0 Å². The number of hydrogen-bond donors (Lipinski definition) is 1. The molecule has 2 nitrogen and oxygen atoms in total. The molecule has 1 aliphatic rings. The number of Topliss-reactive ketones (excluding diaryl/α,β-unsaturated/α-hetero) is 1. The zero-order valence-electron chi connectivity index (χ0n) is 7.96. The lowest BCUT2D eigenvalue weighted by atomic mass is 9.91. The molecule has 0 aliphatic heterocycles. The van der Waals surface area contributed by atoms with Crippen LogP contribution in [-0.4, -0.2) is 11.8 Å². The Labute approximate surface area is 88.1 Å². The van der Waals surface area contributed by atoms with E-state index in [1.54, 1.807) is 19.1 Å². The summed E-state index contributed by atoms with van der Waals surface area (Å²) in [5.41, 5.74) is 6.38. The SMILES string of the molecule is CC(=O)C1(c2ccc(Cl)cc2)CC1N. The standard InChI is InChI=1S/C11H12ClNO/c1-7(14)11(6-10(11)13)8-2-4-9(12)5-3-8/h2-5,10H,6,13H2,1H3. The quantitative estimate of drug-likeness (QED) is 0.809. The van der Waals surface area contributed by atoms with E-state index in [1.807, 2.05) is 12.1 Å². The number of rotatable bonds is 2. The van der Waals surface area contributed by atoms with E-state index in [0.29, 0.717) is 5.02 Å². The summed E-state index contributed by atoms with van der Waals surface area (Å²) in [4.78, 5) is 11.5. The Morgan fingerprint density at radius 2 is 2.00 bits per heavy atom. The molecule has 1 aromatic rings. The van der Waals surface area contributed by atoms with E-state index < -0.39 is 5.41 Å². The van der Waals surface area contributed by atoms with E-state index in [-0.39, 0.29) is 11.8 Å². The number of benzene rings is 1. The van der Waals surface area contributed by atoms with Crippen molar-refractivity contribution in [3.8, 4) is 0 Å². The van der Waals surface area contributed by atoms with Crippen LogP contribution in [0.25, 0.3) is 0 Å². The first kappa shape index (κ1) is 9.69. The molecule has 1 fully saturated rings. The van der Waals surface area contributed by atoms with Crippen molar-refractivity contribution in [2.75, 3.05) is 0 Å². The second-order valence-electron chi connectivity index (χ2n) is 3.85. The molecule has 0 radical (unpaired) electrons. The molecule has 2 unspecified atom stereocenters. The third-order valence-corrected chi connectivity index (χ3v) is 3.25. The van der Waals surface area contributed by atoms with Crippen molar-refractivity contribution < 1.29 is 4.79 Å². The highest BCUT2D eigenvalue weighted by atomic mass is 35.5. The number of carbonyl (C=O) groups excluding carboxylic acids is 1. The molecule has 74 valence electrons. The van der Waals surface area contributed by atoms with Crippen molar-refractivity contribution in [1.82, 2.24) is 0 Å². The van der Waals surface area contributed by atoms with Gasteiger partial charge < -0.3 is 5.73 Å². The predicted molar refractivity (Wildman–Crippen MR) is 56.4 cm³/mol. The zero-order valence-corrected chi connectivity index (χ0v) is 8.71. The summed E-state index contributed by atoms with van der Waals surface area (Å²) in [5, 5.41) is 0.682. The molecule has 0 aromatic heterocycles. The minimum Gasteiger partial charge on any atom is -0.326 e. The fourth-order valence-electron chi connectivity index (χ4n) is 1.98. The van der Waals surface area contributed by atoms with E-state index in [9.17, 15) is 4.79 Å². The van der Waals surface area contributed by atoms with Crippen molar-refractivity contribution in [2.45, 2.75) is 24.8 Å². The van der Waals surface area contributed by atoms with Gasteiger partial charge in [-0.3, -0.25) is 4.79 Å². The Bertz CT molecular complexity index is 373. The van der Waals surface area contributed by atoms with Crippen LogP contribution in [-0.2, 0) is 10.2 Å². The first-order valence-corrected chi connectivity index (χ1v) is 4.98. The number of hydrogen-bond acceptors (Lipinski definition) is 2. The molecule has 0 spiro atoms. The lowest BCUT2D eigenvalue weighted by molar-refractivity contribution is -0.119. The normalized spacial score (nSPS) is 30.1. The lowest BCUT2D eigenvalue weighted by Crippen LogP contribution is -2.25. The van der Waals surface area contributed by atoms with Crippen LogP contribution < -0.4 is 5.73 Å². The van der Waals surface area contributed by atoms with Crippen LogP contribution in [0.4, 0.5) is 0 Å². The third-order valence-electron chi connectivity index (χ3n) is 3.00. The Balaban J connectivity index is 2.39. The molecule has 0 bridgehead atoms. The first-order chi connectivity index (χ1) is 6.57. The van der Waals surface area contributed by atoms with E-state index in [4.69, 9.17) is 17.3 Å². The molecule has 1 aliphatic carbocycles. The van der Waals surface area contributed by atoms with Crippen molar-refractivity contribution in [3.63, 3.8) is 0 Å². The number of carbonyl (C=O) groups is 1. The van der Waals surface area contributed by atoms with Crippen molar-refractivity contribution >= 4 is 17.4 Å². The molecule has 3 heteroatoms. The van der Waals surface area contributed by atoms with Gasteiger partial charge in [-0.2, -0.15) is 0 Å². The van der Waals surface area contributed by atoms with E-state index >= 15 is 0 Å². The third kappa shape index (κ3) is 1.26. The first-order valence-electron chi connectivity index (χ1n) is 4.60. The largest absolute Gasteiger partial charge is 0.326 e. The van der Waals surface area contributed by atoms with Gasteiger partial charge in [-0.1, -0.05) is 23.7 Å². The van der Waals surface area contributed by atoms with Crippen LogP contribution in [0.5, 0.6) is 0 Å². The Morgan fingerprint density at radius 1 is 1.50 bits per heavy atom. The number of nitrogens with two attached hydrogens (primary N) is 1. The van der Waals surface area contributed by atoms with E-state index in [2.05, 4.69) is 0 Å². The summed E-state index contributed by atoms with van der Waals surface area (Å²) in [5.74, 6) is 0.146. The molecule has 1 saturated carbocycles. The van der Waals surface area contributed by atoms with E-state index in [0.717, 1.165) is 12.0 Å². The van der Waals surface area contributed by atoms with Crippen molar-refractivity contribution in [3.05, 3.63) is 34.9 Å². The Morgan fingerprint density at radius 3 is 2.36 bits per heavy atom. The van der Waals surface area contributed by atoms with Gasteiger partial charge in [0.25, 0.3) is 0 Å². The Kier molecular flexibility index (Phi) is 2.13. The molecule has 0 saturated heterocycles. The highest BCUT2D eigenvalue weighted by Crippen LogP contribution is 2.47. The van der Waals surface area contributed by atoms with E-state index in [1.165, 1.54) is 0 Å². The Hall–Kier alpha value is -0.860. The summed E-state index contributed by atoms with van der Waals surface area (Å²) >= 11 is 5.78. The molecular weight excluding hydrogens is 198 g/mol. The monoisotopic (exact) mass is 209 g/mol. The van der Waals surface area contributed by atoms with Gasteiger partial charge in [0.2, 0.25) is 0 Å². The maximum absolute atomic E-state index is 11.5. The van der Waals surface area contributed by atoms with Crippen LogP contribution in [0.15, 0.2) is 24.3 Å². The van der Waals surface area contributed by atoms with Gasteiger partial charge in [0.1, 0.15) is 5.78 Å². The molecule has 0 heterocycles. The van der Waals surface area contributed by atoms with Crippen LogP contribution in [0.1, 0.15) is 18.9 Å². The molecule has 2 N–H and O–H groups in total. The fourth-order valence-corrected chi connectivity index (χ4v) is 2.10. The number of halogens is 1. The van der Waals surface area contributed by atoms with Crippen LogP contribution >= 0.6 is 11.6 Å². The summed E-state index contributed by atoms with van der Waals surface area (Å²) in [6.45, 7) is 1.60. The average molecular weight is 210 g/mol. The molecule has 0 amide bonds.